The number of nitrogens with zero attached hydrogens (tertiary/aromatic N) is 2. The summed E-state index contributed by atoms with van der Waals surface area (Å²) in [6.07, 6.45) is 0.735. The van der Waals surface area contributed by atoms with Gasteiger partial charge in [-0.25, -0.2) is 4.39 Å². The molecule has 2 unspecified atom stereocenters. The van der Waals surface area contributed by atoms with Gasteiger partial charge in [0.05, 0.1) is 11.6 Å². The largest absolute Gasteiger partial charge is 0.507 e. The van der Waals surface area contributed by atoms with Gasteiger partial charge in [-0.2, -0.15) is 0 Å². The van der Waals surface area contributed by atoms with Gasteiger partial charge in [0, 0.05) is 37.3 Å². The highest BCUT2D eigenvalue weighted by Gasteiger charge is 2.46. The minimum Gasteiger partial charge on any atom is -0.507 e. The molecule has 0 radical (unpaired) electrons. The van der Waals surface area contributed by atoms with Crippen LogP contribution >= 0.6 is 0 Å². The molecule has 3 aromatic carbocycles. The summed E-state index contributed by atoms with van der Waals surface area (Å²) < 4.78 is 19.3. The monoisotopic (exact) mass is 514 g/mol. The molecular weight excluding hydrogens is 483 g/mol. The number of benzene rings is 3. The standard InChI is InChI=1S/C31H31FN2O4/c1-4-33(5-2)25-13-8-21(9-14-25)28-27(29(35)22-10-15-26-23(17-22)16-19(3)38-26)30(36)31(37)34(28)18-20-6-11-24(32)12-7-20/h6-15,17,19,28,35H,4-5,16,18H2,1-3H3/b29-27-. The number of fused-ring (bicyclic) bond motifs is 1. The van der Waals surface area contributed by atoms with E-state index < -0.39 is 17.7 Å². The third kappa shape index (κ3) is 4.64. The van der Waals surface area contributed by atoms with E-state index in [9.17, 15) is 19.1 Å². The Morgan fingerprint density at radius 2 is 1.71 bits per heavy atom. The van der Waals surface area contributed by atoms with Gasteiger partial charge in [0.25, 0.3) is 11.7 Å². The molecule has 5 rings (SSSR count). The van der Waals surface area contributed by atoms with Crippen LogP contribution in [0.2, 0.25) is 0 Å². The minimum atomic E-state index is -0.797. The normalized spacial score (nSPS) is 19.9. The van der Waals surface area contributed by atoms with Crippen LogP contribution in [0.3, 0.4) is 0 Å². The SMILES string of the molecule is CCN(CC)c1ccc(C2/C(=C(/O)c3ccc4c(c3)CC(C)O4)C(=O)C(=O)N2Cc2ccc(F)cc2)cc1. The number of carbonyl (C=O) groups is 2. The number of aliphatic hydroxyl groups excluding tert-OH is 1. The number of amides is 1. The van der Waals surface area contributed by atoms with E-state index >= 15 is 0 Å². The van der Waals surface area contributed by atoms with Crippen molar-refractivity contribution in [2.45, 2.75) is 45.9 Å². The Morgan fingerprint density at radius 3 is 2.37 bits per heavy atom. The lowest BCUT2D eigenvalue weighted by Gasteiger charge is -2.27. The zero-order chi connectivity index (χ0) is 27.0. The van der Waals surface area contributed by atoms with Gasteiger partial charge in [-0.1, -0.05) is 24.3 Å². The topological polar surface area (TPSA) is 70.1 Å². The van der Waals surface area contributed by atoms with Crippen molar-refractivity contribution in [1.82, 2.24) is 4.90 Å². The summed E-state index contributed by atoms with van der Waals surface area (Å²) in [6.45, 7) is 7.93. The Morgan fingerprint density at radius 1 is 1.03 bits per heavy atom. The highest BCUT2D eigenvalue weighted by molar-refractivity contribution is 6.46. The molecule has 1 N–H and O–H groups in total. The number of halogens is 1. The molecule has 2 aliphatic rings. The predicted molar refractivity (Wildman–Crippen MR) is 144 cm³/mol. The number of Topliss-reactive ketones (excluding diaryl/α,β-unsaturated/α-hetero) is 1. The molecule has 0 spiro atoms. The van der Waals surface area contributed by atoms with Crippen LogP contribution in [0.4, 0.5) is 10.1 Å². The van der Waals surface area contributed by atoms with E-state index in [1.165, 1.54) is 17.0 Å². The molecule has 1 saturated heterocycles. The molecular formula is C31H31FN2O4. The van der Waals surface area contributed by atoms with Gasteiger partial charge in [-0.3, -0.25) is 9.59 Å². The van der Waals surface area contributed by atoms with Crippen LogP contribution < -0.4 is 9.64 Å². The Kier molecular flexibility index (Phi) is 6.93. The molecule has 2 heterocycles. The van der Waals surface area contributed by atoms with Crippen molar-refractivity contribution in [3.63, 3.8) is 0 Å². The smallest absolute Gasteiger partial charge is 0.295 e. The van der Waals surface area contributed by atoms with E-state index in [4.69, 9.17) is 4.74 Å². The van der Waals surface area contributed by atoms with Crippen LogP contribution in [0.15, 0.2) is 72.3 Å². The molecule has 0 aliphatic carbocycles. The van der Waals surface area contributed by atoms with Crippen molar-refractivity contribution in [2.24, 2.45) is 0 Å². The van der Waals surface area contributed by atoms with Crippen LogP contribution in [-0.4, -0.2) is 40.9 Å². The van der Waals surface area contributed by atoms with Crippen molar-refractivity contribution in [2.75, 3.05) is 18.0 Å². The van der Waals surface area contributed by atoms with Crippen molar-refractivity contribution < 1.29 is 23.8 Å². The van der Waals surface area contributed by atoms with Gasteiger partial charge >= 0.3 is 0 Å². The summed E-state index contributed by atoms with van der Waals surface area (Å²) in [4.78, 5) is 30.4. The summed E-state index contributed by atoms with van der Waals surface area (Å²) in [5.41, 5.74) is 3.87. The Bertz CT molecular complexity index is 1390. The summed E-state index contributed by atoms with van der Waals surface area (Å²) in [5.74, 6) is -1.28. The predicted octanol–water partition coefficient (Wildman–Crippen LogP) is 5.62. The molecule has 0 aromatic heterocycles. The first-order chi connectivity index (χ1) is 18.3. The van der Waals surface area contributed by atoms with Crippen molar-refractivity contribution in [1.29, 1.82) is 0 Å². The van der Waals surface area contributed by atoms with Crippen molar-refractivity contribution >= 4 is 23.1 Å². The summed E-state index contributed by atoms with van der Waals surface area (Å²) in [5, 5.41) is 11.5. The van der Waals surface area contributed by atoms with E-state index in [2.05, 4.69) is 18.7 Å². The molecule has 6 nitrogen and oxygen atoms in total. The lowest BCUT2D eigenvalue weighted by atomic mass is 9.94. The van der Waals surface area contributed by atoms with E-state index in [0.717, 1.165) is 30.1 Å². The number of likely N-dealkylation sites (tertiary alicyclic amines) is 1. The number of anilines is 1. The molecule has 2 atom stereocenters. The van der Waals surface area contributed by atoms with E-state index in [-0.39, 0.29) is 29.8 Å². The van der Waals surface area contributed by atoms with Crippen LogP contribution in [0, 0.1) is 5.82 Å². The van der Waals surface area contributed by atoms with Crippen LogP contribution in [-0.2, 0) is 22.6 Å². The summed E-state index contributed by atoms with van der Waals surface area (Å²) in [7, 11) is 0. The number of carbonyl (C=O) groups excluding carboxylic acids is 2. The van der Waals surface area contributed by atoms with Crippen LogP contribution in [0.5, 0.6) is 5.75 Å². The van der Waals surface area contributed by atoms with E-state index in [1.807, 2.05) is 37.3 Å². The molecule has 2 aliphatic heterocycles. The lowest BCUT2D eigenvalue weighted by molar-refractivity contribution is -0.140. The number of rotatable bonds is 7. The maximum Gasteiger partial charge on any atom is 0.295 e. The zero-order valence-electron chi connectivity index (χ0n) is 21.8. The molecule has 7 heteroatoms. The third-order valence-corrected chi connectivity index (χ3v) is 7.31. The molecule has 3 aromatic rings. The van der Waals surface area contributed by atoms with Gasteiger partial charge in [0.2, 0.25) is 0 Å². The molecule has 0 saturated carbocycles. The summed E-state index contributed by atoms with van der Waals surface area (Å²) >= 11 is 0. The molecule has 196 valence electrons. The van der Waals surface area contributed by atoms with Crippen LogP contribution in [0.1, 0.15) is 49.1 Å². The highest BCUT2D eigenvalue weighted by atomic mass is 19.1. The quantitative estimate of drug-likeness (QED) is 0.252. The molecule has 0 bridgehead atoms. The first-order valence-electron chi connectivity index (χ1n) is 13.0. The number of hydrogen-bond acceptors (Lipinski definition) is 5. The maximum atomic E-state index is 13.5. The molecule has 1 fully saturated rings. The van der Waals surface area contributed by atoms with Crippen molar-refractivity contribution in [3.8, 4) is 5.75 Å². The second kappa shape index (κ2) is 10.3. The van der Waals surface area contributed by atoms with Gasteiger partial charge in [0.15, 0.2) is 0 Å². The van der Waals surface area contributed by atoms with Gasteiger partial charge < -0.3 is 19.6 Å². The fourth-order valence-electron chi connectivity index (χ4n) is 5.36. The fraction of sp³-hybridized carbons (Fsp3) is 0.290. The average Bonchev–Trinajstić information content (AvgIpc) is 3.41. The number of aliphatic hydroxyl groups is 1. The minimum absolute atomic E-state index is 0.0352. The maximum absolute atomic E-state index is 13.5. The average molecular weight is 515 g/mol. The fourth-order valence-corrected chi connectivity index (χ4v) is 5.36. The van der Waals surface area contributed by atoms with Gasteiger partial charge in [-0.05, 0) is 79.9 Å². The van der Waals surface area contributed by atoms with E-state index in [0.29, 0.717) is 23.1 Å². The Hall–Kier alpha value is -4.13. The highest BCUT2D eigenvalue weighted by Crippen LogP contribution is 2.41. The number of ketones is 1. The zero-order valence-corrected chi connectivity index (χ0v) is 21.8. The second-order valence-electron chi connectivity index (χ2n) is 9.77. The Labute approximate surface area is 222 Å². The van der Waals surface area contributed by atoms with E-state index in [1.54, 1.807) is 24.3 Å². The molecule has 38 heavy (non-hydrogen) atoms. The number of ether oxygens (including phenoxy) is 1. The van der Waals surface area contributed by atoms with Crippen molar-refractivity contribution in [3.05, 3.63) is 100 Å². The van der Waals surface area contributed by atoms with Gasteiger partial charge in [0.1, 0.15) is 23.4 Å². The second-order valence-corrected chi connectivity index (χ2v) is 9.77. The first-order valence-corrected chi connectivity index (χ1v) is 13.0. The summed E-state index contributed by atoms with van der Waals surface area (Å²) in [6, 6.07) is 18.1. The van der Waals surface area contributed by atoms with Gasteiger partial charge in [-0.15, -0.1) is 0 Å². The third-order valence-electron chi connectivity index (χ3n) is 7.31. The first kappa shape index (κ1) is 25.5. The lowest BCUT2D eigenvalue weighted by Crippen LogP contribution is -2.29. The van der Waals surface area contributed by atoms with Crippen LogP contribution in [0.25, 0.3) is 5.76 Å². The number of hydrogen-bond donors (Lipinski definition) is 1. The molecule has 1 amide bonds. The Balaban J connectivity index is 1.60.